The van der Waals surface area contributed by atoms with E-state index in [0.29, 0.717) is 19.8 Å². The molecule has 0 unspecified atom stereocenters. The van der Waals surface area contributed by atoms with Crippen molar-refractivity contribution in [2.75, 3.05) is 6.61 Å². The zero-order chi connectivity index (χ0) is 15.9. The van der Waals surface area contributed by atoms with E-state index >= 15 is 0 Å². The second-order valence-electron chi connectivity index (χ2n) is 5.64. The molecule has 0 aromatic heterocycles. The highest BCUT2D eigenvalue weighted by Gasteiger charge is 2.22. The van der Waals surface area contributed by atoms with Crippen molar-refractivity contribution in [2.45, 2.75) is 32.1 Å². The van der Waals surface area contributed by atoms with Crippen molar-refractivity contribution >= 4 is 5.91 Å². The van der Waals surface area contributed by atoms with Crippen LogP contribution in [0.3, 0.4) is 0 Å². The summed E-state index contributed by atoms with van der Waals surface area (Å²) in [6.45, 7) is 1.70. The van der Waals surface area contributed by atoms with Crippen LogP contribution in [0.4, 0.5) is 0 Å². The maximum atomic E-state index is 11.9. The molecule has 0 spiro atoms. The molecule has 1 aliphatic rings. The summed E-state index contributed by atoms with van der Waals surface area (Å²) in [6, 6.07) is 17.8. The van der Waals surface area contributed by atoms with Gasteiger partial charge in [-0.05, 0) is 36.1 Å². The van der Waals surface area contributed by atoms with Gasteiger partial charge in [0.25, 0.3) is 0 Å². The largest absolute Gasteiger partial charge is 0.489 e. The minimum atomic E-state index is -0.285. The standard InChI is InChI=1S/C19H21NO3/c21-19(18-10-5-11-22-18)20-13-16-8-4-9-17(12-16)23-14-15-6-2-1-3-7-15/h1-4,6-9,12,18H,5,10-11,13-14H2,(H,20,21)/t18-/m1/s1. The number of benzene rings is 2. The van der Waals surface area contributed by atoms with Crippen LogP contribution in [0.5, 0.6) is 5.75 Å². The third kappa shape index (κ3) is 4.57. The number of hydrogen-bond donors (Lipinski definition) is 1. The zero-order valence-electron chi connectivity index (χ0n) is 13.0. The van der Waals surface area contributed by atoms with Crippen LogP contribution in [0, 0.1) is 0 Å². The first-order valence-electron chi connectivity index (χ1n) is 7.96. The normalized spacial score (nSPS) is 17.0. The van der Waals surface area contributed by atoms with Crippen molar-refractivity contribution in [2.24, 2.45) is 0 Å². The Labute approximate surface area is 136 Å². The lowest BCUT2D eigenvalue weighted by atomic mass is 10.2. The predicted molar refractivity (Wildman–Crippen MR) is 88.0 cm³/mol. The van der Waals surface area contributed by atoms with Gasteiger partial charge in [0.2, 0.25) is 5.91 Å². The van der Waals surface area contributed by atoms with Gasteiger partial charge in [-0.2, -0.15) is 0 Å². The molecule has 0 aliphatic carbocycles. The van der Waals surface area contributed by atoms with Gasteiger partial charge in [-0.3, -0.25) is 4.79 Å². The minimum absolute atomic E-state index is 0.0295. The molecule has 2 aromatic carbocycles. The van der Waals surface area contributed by atoms with E-state index < -0.39 is 0 Å². The van der Waals surface area contributed by atoms with Gasteiger partial charge in [-0.25, -0.2) is 0 Å². The molecule has 23 heavy (non-hydrogen) atoms. The molecule has 2 aromatic rings. The molecule has 1 amide bonds. The number of amides is 1. The minimum Gasteiger partial charge on any atom is -0.489 e. The second-order valence-corrected chi connectivity index (χ2v) is 5.64. The highest BCUT2D eigenvalue weighted by atomic mass is 16.5. The molecule has 1 N–H and O–H groups in total. The van der Waals surface area contributed by atoms with Crippen LogP contribution >= 0.6 is 0 Å². The Balaban J connectivity index is 1.51. The van der Waals surface area contributed by atoms with Gasteiger partial charge in [0, 0.05) is 13.2 Å². The molecule has 4 heteroatoms. The quantitative estimate of drug-likeness (QED) is 0.892. The third-order valence-corrected chi connectivity index (χ3v) is 3.84. The Hall–Kier alpha value is -2.33. The van der Waals surface area contributed by atoms with Gasteiger partial charge in [0.05, 0.1) is 0 Å². The average Bonchev–Trinajstić information content (AvgIpc) is 3.14. The first kappa shape index (κ1) is 15.6. The molecule has 120 valence electrons. The first-order valence-corrected chi connectivity index (χ1v) is 7.96. The van der Waals surface area contributed by atoms with Crippen LogP contribution in [0.15, 0.2) is 54.6 Å². The second kappa shape index (κ2) is 7.79. The summed E-state index contributed by atoms with van der Waals surface area (Å²) in [5, 5.41) is 2.92. The fourth-order valence-electron chi connectivity index (χ4n) is 2.57. The maximum Gasteiger partial charge on any atom is 0.249 e. The monoisotopic (exact) mass is 311 g/mol. The van der Waals surface area contributed by atoms with E-state index in [9.17, 15) is 4.79 Å². The van der Waals surface area contributed by atoms with Crippen LogP contribution in [0.1, 0.15) is 24.0 Å². The summed E-state index contributed by atoms with van der Waals surface area (Å²) in [7, 11) is 0. The van der Waals surface area contributed by atoms with Crippen molar-refractivity contribution in [1.82, 2.24) is 5.32 Å². The van der Waals surface area contributed by atoms with Gasteiger partial charge in [-0.15, -0.1) is 0 Å². The predicted octanol–water partition coefficient (Wildman–Crippen LogP) is 3.06. The van der Waals surface area contributed by atoms with Crippen molar-refractivity contribution in [1.29, 1.82) is 0 Å². The van der Waals surface area contributed by atoms with Gasteiger partial charge in [0.15, 0.2) is 0 Å². The van der Waals surface area contributed by atoms with Crippen LogP contribution in [0.25, 0.3) is 0 Å². The van der Waals surface area contributed by atoms with Crippen molar-refractivity contribution in [3.05, 3.63) is 65.7 Å². The molecule has 4 nitrogen and oxygen atoms in total. The number of hydrogen-bond acceptors (Lipinski definition) is 3. The van der Waals surface area contributed by atoms with Crippen molar-refractivity contribution in [3.8, 4) is 5.75 Å². The Morgan fingerprint density at radius 1 is 1.13 bits per heavy atom. The Bertz CT molecular complexity index is 636. The van der Waals surface area contributed by atoms with E-state index in [1.807, 2.05) is 54.6 Å². The maximum absolute atomic E-state index is 11.9. The molecule has 0 radical (unpaired) electrons. The number of nitrogens with one attached hydrogen (secondary N) is 1. The van der Waals surface area contributed by atoms with E-state index in [1.54, 1.807) is 0 Å². The van der Waals surface area contributed by atoms with E-state index in [4.69, 9.17) is 9.47 Å². The Kier molecular flexibility index (Phi) is 5.27. The van der Waals surface area contributed by atoms with Crippen LogP contribution < -0.4 is 10.1 Å². The molecule has 1 saturated heterocycles. The molecular formula is C19H21NO3. The summed E-state index contributed by atoms with van der Waals surface area (Å²) in [5.74, 6) is 0.774. The van der Waals surface area contributed by atoms with Crippen molar-refractivity contribution < 1.29 is 14.3 Å². The molecule has 0 bridgehead atoms. The van der Waals surface area contributed by atoms with E-state index in [-0.39, 0.29) is 12.0 Å². The highest BCUT2D eigenvalue weighted by Crippen LogP contribution is 2.16. The molecule has 0 saturated carbocycles. The SMILES string of the molecule is O=C(NCc1cccc(OCc2ccccc2)c1)[C@H]1CCCO1. The molecular weight excluding hydrogens is 290 g/mol. The van der Waals surface area contributed by atoms with Gasteiger partial charge in [-0.1, -0.05) is 42.5 Å². The molecule has 1 heterocycles. The Morgan fingerprint density at radius 3 is 2.74 bits per heavy atom. The van der Waals surface area contributed by atoms with Crippen LogP contribution in [0.2, 0.25) is 0 Å². The number of carbonyl (C=O) groups excluding carboxylic acids is 1. The van der Waals surface area contributed by atoms with E-state index in [2.05, 4.69) is 5.32 Å². The number of carbonyl (C=O) groups is 1. The molecule has 1 aliphatic heterocycles. The summed E-state index contributed by atoms with van der Waals surface area (Å²) < 4.78 is 11.2. The van der Waals surface area contributed by atoms with Crippen molar-refractivity contribution in [3.63, 3.8) is 0 Å². The molecule has 1 fully saturated rings. The third-order valence-electron chi connectivity index (χ3n) is 3.84. The highest BCUT2D eigenvalue weighted by molar-refractivity contribution is 5.80. The number of ether oxygens (including phenoxy) is 2. The first-order chi connectivity index (χ1) is 11.3. The van der Waals surface area contributed by atoms with E-state index in [1.165, 1.54) is 0 Å². The lowest BCUT2D eigenvalue weighted by Gasteiger charge is -2.11. The molecule has 1 atom stereocenters. The average molecular weight is 311 g/mol. The zero-order valence-corrected chi connectivity index (χ0v) is 13.0. The van der Waals surface area contributed by atoms with Gasteiger partial charge in [0.1, 0.15) is 18.5 Å². The van der Waals surface area contributed by atoms with Gasteiger partial charge < -0.3 is 14.8 Å². The smallest absolute Gasteiger partial charge is 0.249 e. The van der Waals surface area contributed by atoms with Crippen LogP contribution in [-0.2, 0) is 22.7 Å². The fourth-order valence-corrected chi connectivity index (χ4v) is 2.57. The summed E-state index contributed by atoms with van der Waals surface area (Å²) in [5.41, 5.74) is 2.14. The number of rotatable bonds is 6. The van der Waals surface area contributed by atoms with Crippen LogP contribution in [-0.4, -0.2) is 18.6 Å². The fraction of sp³-hybridized carbons (Fsp3) is 0.316. The summed E-state index contributed by atoms with van der Waals surface area (Å²) in [6.07, 6.45) is 1.49. The summed E-state index contributed by atoms with van der Waals surface area (Å²) in [4.78, 5) is 11.9. The van der Waals surface area contributed by atoms with Gasteiger partial charge >= 0.3 is 0 Å². The lowest BCUT2D eigenvalue weighted by Crippen LogP contribution is -2.33. The molecule has 3 rings (SSSR count). The van der Waals surface area contributed by atoms with E-state index in [0.717, 1.165) is 29.7 Å². The Morgan fingerprint density at radius 2 is 1.96 bits per heavy atom. The lowest BCUT2D eigenvalue weighted by molar-refractivity contribution is -0.130. The topological polar surface area (TPSA) is 47.6 Å². The summed E-state index contributed by atoms with van der Waals surface area (Å²) >= 11 is 0.